The van der Waals surface area contributed by atoms with Crippen molar-refractivity contribution >= 4 is 34.5 Å². The van der Waals surface area contributed by atoms with E-state index in [1.54, 1.807) is 6.33 Å². The second-order valence-corrected chi connectivity index (χ2v) is 11.7. The molecule has 4 fully saturated rings. The third kappa shape index (κ3) is 3.73. The second-order valence-electron chi connectivity index (χ2n) is 11.4. The number of carbonyl (C=O) groups excluding carboxylic acids is 1. The molecule has 4 aliphatic rings. The number of rotatable bonds is 4. The van der Waals surface area contributed by atoms with E-state index in [1.807, 2.05) is 4.57 Å². The SMILES string of the molecule is C[C@]12CCC(=O)N[C@@H]1CC[C@@H]1[C@@H]2CC[C@]2(C)O[C@H](n3cnc4c(NCCO)nc(Cl)nc43)CC[C@@H]12. The monoisotopic (exact) mass is 502 g/mol. The predicted octanol–water partition coefficient (Wildman–Crippen LogP) is 3.67. The lowest BCUT2D eigenvalue weighted by Gasteiger charge is -2.62. The molecule has 2 aromatic rings. The second kappa shape index (κ2) is 8.56. The van der Waals surface area contributed by atoms with Crippen molar-refractivity contribution in [2.45, 2.75) is 83.1 Å². The fourth-order valence-corrected chi connectivity index (χ4v) is 8.11. The van der Waals surface area contributed by atoms with Gasteiger partial charge in [-0.05, 0) is 86.6 Å². The van der Waals surface area contributed by atoms with Crippen LogP contribution in [0.15, 0.2) is 6.33 Å². The molecule has 0 aromatic carbocycles. The van der Waals surface area contributed by atoms with Crippen LogP contribution in [-0.2, 0) is 9.53 Å². The number of piperidine rings is 1. The normalized spacial score (nSPS) is 38.9. The average Bonchev–Trinajstić information content (AvgIpc) is 3.25. The highest BCUT2D eigenvalue weighted by atomic mass is 35.5. The van der Waals surface area contributed by atoms with Crippen LogP contribution in [0.3, 0.4) is 0 Å². The molecular formula is C25H35ClN6O3. The Bertz CT molecular complexity index is 1140. The lowest BCUT2D eigenvalue weighted by Crippen LogP contribution is -2.63. The first-order valence-electron chi connectivity index (χ1n) is 13.0. The summed E-state index contributed by atoms with van der Waals surface area (Å²) in [6, 6.07) is 0.321. The quantitative estimate of drug-likeness (QED) is 0.546. The smallest absolute Gasteiger partial charge is 0.226 e. The first-order chi connectivity index (χ1) is 16.8. The molecule has 6 rings (SSSR count). The first kappa shape index (κ1) is 23.4. The van der Waals surface area contributed by atoms with Gasteiger partial charge in [-0.2, -0.15) is 9.97 Å². The molecule has 2 aromatic heterocycles. The van der Waals surface area contributed by atoms with Crippen molar-refractivity contribution in [3.05, 3.63) is 11.6 Å². The number of nitrogens with zero attached hydrogens (tertiary/aromatic N) is 4. The fourth-order valence-electron chi connectivity index (χ4n) is 7.94. The number of anilines is 1. The Morgan fingerprint density at radius 2 is 2.06 bits per heavy atom. The van der Waals surface area contributed by atoms with Crippen molar-refractivity contribution in [3.63, 3.8) is 0 Å². The van der Waals surface area contributed by atoms with Crippen LogP contribution >= 0.6 is 11.6 Å². The van der Waals surface area contributed by atoms with Gasteiger partial charge in [-0.3, -0.25) is 9.36 Å². The lowest BCUT2D eigenvalue weighted by molar-refractivity contribution is -0.231. The minimum absolute atomic E-state index is 0.0103. The van der Waals surface area contributed by atoms with Crippen LogP contribution in [0, 0.1) is 23.2 Å². The van der Waals surface area contributed by atoms with E-state index in [4.69, 9.17) is 16.3 Å². The molecule has 7 atom stereocenters. The molecule has 190 valence electrons. The zero-order valence-corrected chi connectivity index (χ0v) is 21.2. The molecule has 2 aliphatic carbocycles. The fraction of sp³-hybridized carbons (Fsp3) is 0.760. The summed E-state index contributed by atoms with van der Waals surface area (Å²) < 4.78 is 8.91. The van der Waals surface area contributed by atoms with Gasteiger partial charge in [0.25, 0.3) is 0 Å². The van der Waals surface area contributed by atoms with Gasteiger partial charge in [0.1, 0.15) is 6.23 Å². The van der Waals surface area contributed by atoms with E-state index >= 15 is 0 Å². The van der Waals surface area contributed by atoms with Gasteiger partial charge in [0.05, 0.1) is 18.5 Å². The molecule has 0 radical (unpaired) electrons. The molecule has 0 spiro atoms. The number of halogens is 1. The van der Waals surface area contributed by atoms with E-state index in [1.165, 1.54) is 0 Å². The molecule has 10 heteroatoms. The van der Waals surface area contributed by atoms with Gasteiger partial charge in [0.2, 0.25) is 11.2 Å². The van der Waals surface area contributed by atoms with Gasteiger partial charge >= 0.3 is 0 Å². The molecule has 9 nitrogen and oxygen atoms in total. The predicted molar refractivity (Wildman–Crippen MR) is 132 cm³/mol. The summed E-state index contributed by atoms with van der Waals surface area (Å²) in [6.45, 7) is 5.07. The number of carbonyl (C=O) groups is 1. The topological polar surface area (TPSA) is 114 Å². The van der Waals surface area contributed by atoms with Crippen LogP contribution in [0.5, 0.6) is 0 Å². The molecule has 0 bridgehead atoms. The number of hydrogen-bond donors (Lipinski definition) is 3. The zero-order valence-electron chi connectivity index (χ0n) is 20.5. The van der Waals surface area contributed by atoms with E-state index in [2.05, 4.69) is 39.4 Å². The van der Waals surface area contributed by atoms with E-state index in [0.29, 0.717) is 53.7 Å². The number of hydrogen-bond acceptors (Lipinski definition) is 7. The maximum Gasteiger partial charge on any atom is 0.226 e. The number of fused-ring (bicyclic) bond motifs is 6. The van der Waals surface area contributed by atoms with Gasteiger partial charge in [-0.1, -0.05) is 6.92 Å². The van der Waals surface area contributed by atoms with Gasteiger partial charge in [-0.15, -0.1) is 0 Å². The largest absolute Gasteiger partial charge is 0.395 e. The van der Waals surface area contributed by atoms with Crippen molar-refractivity contribution in [1.29, 1.82) is 0 Å². The Kier molecular flexibility index (Phi) is 5.73. The van der Waals surface area contributed by atoms with Crippen LogP contribution in [0.2, 0.25) is 5.28 Å². The molecule has 4 heterocycles. The number of aromatic nitrogens is 4. The summed E-state index contributed by atoms with van der Waals surface area (Å²) in [6.07, 6.45) is 9.68. The van der Waals surface area contributed by atoms with Crippen LogP contribution in [-0.4, -0.2) is 55.3 Å². The average molecular weight is 503 g/mol. The maximum atomic E-state index is 12.1. The summed E-state index contributed by atoms with van der Waals surface area (Å²) in [5.41, 5.74) is 1.28. The van der Waals surface area contributed by atoms with E-state index in [-0.39, 0.29) is 35.0 Å². The highest BCUT2D eigenvalue weighted by molar-refractivity contribution is 6.28. The minimum atomic E-state index is -0.198. The first-order valence-corrected chi connectivity index (χ1v) is 13.4. The molecule has 2 saturated heterocycles. The number of aliphatic hydroxyl groups is 1. The van der Waals surface area contributed by atoms with Crippen LogP contribution < -0.4 is 10.6 Å². The van der Waals surface area contributed by atoms with Crippen molar-refractivity contribution in [1.82, 2.24) is 24.8 Å². The number of amides is 1. The zero-order chi connectivity index (χ0) is 24.4. The highest BCUT2D eigenvalue weighted by Gasteiger charge is 2.59. The summed E-state index contributed by atoms with van der Waals surface area (Å²) in [5, 5.41) is 15.7. The van der Waals surface area contributed by atoms with Crippen LogP contribution in [0.1, 0.15) is 71.4 Å². The molecular weight excluding hydrogens is 468 g/mol. The van der Waals surface area contributed by atoms with E-state index in [9.17, 15) is 9.90 Å². The van der Waals surface area contributed by atoms with Crippen molar-refractivity contribution < 1.29 is 14.6 Å². The minimum Gasteiger partial charge on any atom is -0.395 e. The van der Waals surface area contributed by atoms with E-state index in [0.717, 1.165) is 44.9 Å². The molecule has 2 saturated carbocycles. The van der Waals surface area contributed by atoms with Gasteiger partial charge in [-0.25, -0.2) is 4.98 Å². The van der Waals surface area contributed by atoms with Gasteiger partial charge in [0, 0.05) is 19.0 Å². The van der Waals surface area contributed by atoms with Crippen LogP contribution in [0.4, 0.5) is 5.82 Å². The number of imidazole rings is 1. The van der Waals surface area contributed by atoms with Crippen LogP contribution in [0.25, 0.3) is 11.2 Å². The Morgan fingerprint density at radius 3 is 2.89 bits per heavy atom. The van der Waals surface area contributed by atoms with Gasteiger partial charge in [0.15, 0.2) is 17.0 Å². The number of nitrogens with one attached hydrogen (secondary N) is 2. The Balaban J connectivity index is 1.25. The molecule has 1 amide bonds. The molecule has 0 unspecified atom stereocenters. The standard InChI is InChI=1S/C25H35ClN6O3/c1-24-9-8-18(34)29-17(24)5-3-14-15(24)7-10-25(2)16(14)4-6-19(35-25)32-13-28-20-21(27-11-12-33)30-23(26)31-22(20)32/h13-17,19,33H,3-12H2,1-2H3,(H,29,34)(H,27,30,31)/t14-,15+,16+,17-,19+,24-,25+/m1/s1. The molecule has 3 N–H and O–H groups in total. The third-order valence-corrected chi connectivity index (χ3v) is 9.84. The molecule has 2 aliphatic heterocycles. The summed E-state index contributed by atoms with van der Waals surface area (Å²) >= 11 is 6.23. The van der Waals surface area contributed by atoms with Gasteiger partial charge < -0.3 is 20.5 Å². The van der Waals surface area contributed by atoms with E-state index < -0.39 is 0 Å². The Hall–Kier alpha value is -1.97. The van der Waals surface area contributed by atoms with Crippen molar-refractivity contribution in [3.8, 4) is 0 Å². The highest BCUT2D eigenvalue weighted by Crippen LogP contribution is 2.61. The maximum absolute atomic E-state index is 12.1. The lowest BCUT2D eigenvalue weighted by atomic mass is 9.48. The summed E-state index contributed by atoms with van der Waals surface area (Å²) in [5.74, 6) is 2.54. The number of aliphatic hydroxyl groups excluding tert-OH is 1. The number of ether oxygens (including phenoxy) is 1. The third-order valence-electron chi connectivity index (χ3n) is 9.67. The summed E-state index contributed by atoms with van der Waals surface area (Å²) in [4.78, 5) is 25.4. The van der Waals surface area contributed by atoms with Crippen molar-refractivity contribution in [2.75, 3.05) is 18.5 Å². The van der Waals surface area contributed by atoms with Crippen molar-refractivity contribution in [2.24, 2.45) is 23.2 Å². The Labute approximate surface area is 210 Å². The molecule has 35 heavy (non-hydrogen) atoms. The Morgan fingerprint density at radius 1 is 1.20 bits per heavy atom. The summed E-state index contributed by atoms with van der Waals surface area (Å²) in [7, 11) is 0.